The Balaban J connectivity index is 0.000000502. The normalized spacial score (nSPS) is 17.7. The van der Waals surface area contributed by atoms with E-state index in [0.29, 0.717) is 12.3 Å². The lowest BCUT2D eigenvalue weighted by Crippen LogP contribution is -2.34. The Bertz CT molecular complexity index is 1200. The highest BCUT2D eigenvalue weighted by Crippen LogP contribution is 2.35. The minimum atomic E-state index is -0.417. The summed E-state index contributed by atoms with van der Waals surface area (Å²) in [5.41, 5.74) is 6.39. The van der Waals surface area contributed by atoms with Crippen LogP contribution in [0.3, 0.4) is 0 Å². The van der Waals surface area contributed by atoms with Crippen molar-refractivity contribution in [3.8, 4) is 0 Å². The van der Waals surface area contributed by atoms with Gasteiger partial charge in [-0.2, -0.15) is 0 Å². The van der Waals surface area contributed by atoms with Crippen LogP contribution in [0.25, 0.3) is 0 Å². The number of nitrogens with one attached hydrogen (secondary N) is 2. The number of aliphatic hydroxyl groups excluding tert-OH is 1. The number of nitrogens with zero attached hydrogens (tertiary/aromatic N) is 1. The van der Waals surface area contributed by atoms with Crippen LogP contribution >= 0.6 is 11.8 Å². The molecule has 0 saturated heterocycles. The molecule has 2 unspecified atom stereocenters. The van der Waals surface area contributed by atoms with Crippen LogP contribution in [0.5, 0.6) is 0 Å². The Labute approximate surface area is 262 Å². The van der Waals surface area contributed by atoms with Gasteiger partial charge in [0, 0.05) is 43.0 Å². The third-order valence-electron chi connectivity index (χ3n) is 7.19. The van der Waals surface area contributed by atoms with E-state index in [1.54, 1.807) is 11.8 Å². The van der Waals surface area contributed by atoms with E-state index in [0.717, 1.165) is 29.9 Å². The van der Waals surface area contributed by atoms with Gasteiger partial charge in [0.2, 0.25) is 5.91 Å². The van der Waals surface area contributed by atoms with Crippen molar-refractivity contribution in [3.05, 3.63) is 94.7 Å². The van der Waals surface area contributed by atoms with Crippen LogP contribution in [0.2, 0.25) is 0 Å². The molecule has 3 N–H and O–H groups in total. The van der Waals surface area contributed by atoms with E-state index in [9.17, 15) is 19.5 Å². The van der Waals surface area contributed by atoms with Crippen LogP contribution in [-0.2, 0) is 20.8 Å². The minimum Gasteiger partial charge on any atom is -0.390 e. The number of thioether (sulfide) groups is 1. The van der Waals surface area contributed by atoms with E-state index in [-0.39, 0.29) is 36.7 Å². The quantitative estimate of drug-likeness (QED) is 0.168. The molecule has 5 rings (SSSR count). The van der Waals surface area contributed by atoms with Crippen molar-refractivity contribution in [2.24, 2.45) is 0 Å². The van der Waals surface area contributed by atoms with Crippen molar-refractivity contribution >= 4 is 29.5 Å². The maximum absolute atomic E-state index is 12.0. The number of allylic oxidation sites excluding steroid dienone is 2. The molecule has 0 radical (unpaired) electrons. The fraction of sp³-hybridized carbons (Fsp3) is 0.457. The van der Waals surface area contributed by atoms with Gasteiger partial charge >= 0.3 is 0 Å². The van der Waals surface area contributed by atoms with Crippen molar-refractivity contribution in [2.45, 2.75) is 85.3 Å². The smallest absolute Gasteiger partial charge is 0.253 e. The van der Waals surface area contributed by atoms with Gasteiger partial charge in [-0.3, -0.25) is 19.3 Å². The van der Waals surface area contributed by atoms with Crippen molar-refractivity contribution in [2.75, 3.05) is 18.2 Å². The highest BCUT2D eigenvalue weighted by Gasteiger charge is 2.32. The molecule has 2 atom stereocenters. The van der Waals surface area contributed by atoms with E-state index in [1.165, 1.54) is 46.5 Å². The maximum atomic E-state index is 12.0. The third-order valence-corrected chi connectivity index (χ3v) is 8.03. The summed E-state index contributed by atoms with van der Waals surface area (Å²) < 4.78 is 0. The Morgan fingerprint density at radius 3 is 2.14 bits per heavy atom. The van der Waals surface area contributed by atoms with Crippen molar-refractivity contribution in [1.82, 2.24) is 15.5 Å². The zero-order valence-corrected chi connectivity index (χ0v) is 27.2. The van der Waals surface area contributed by atoms with Crippen LogP contribution in [0, 0.1) is 6.92 Å². The second-order valence-corrected chi connectivity index (χ2v) is 11.1. The van der Waals surface area contributed by atoms with Gasteiger partial charge in [-0.15, -0.1) is 11.8 Å². The van der Waals surface area contributed by atoms with Gasteiger partial charge in [-0.1, -0.05) is 93.4 Å². The van der Waals surface area contributed by atoms with Gasteiger partial charge in [0.15, 0.2) is 0 Å². The van der Waals surface area contributed by atoms with E-state index in [2.05, 4.69) is 41.8 Å². The maximum Gasteiger partial charge on any atom is 0.253 e. The van der Waals surface area contributed by atoms with Gasteiger partial charge < -0.3 is 15.7 Å². The number of benzene rings is 2. The van der Waals surface area contributed by atoms with Crippen molar-refractivity contribution < 1.29 is 19.5 Å². The third kappa shape index (κ3) is 11.3. The van der Waals surface area contributed by atoms with Gasteiger partial charge in [0.1, 0.15) is 0 Å². The van der Waals surface area contributed by atoms with E-state index in [1.807, 2.05) is 58.0 Å². The average Bonchev–Trinajstić information content (AvgIpc) is 3.50. The second-order valence-electron chi connectivity index (χ2n) is 10.00. The number of carbonyl (C=O) groups is 3. The predicted octanol–water partition coefficient (Wildman–Crippen LogP) is 6.23. The summed E-state index contributed by atoms with van der Waals surface area (Å²) in [5, 5.41) is 17.1. The lowest BCUT2D eigenvalue weighted by Gasteiger charge is -2.28. The van der Waals surface area contributed by atoms with E-state index >= 15 is 0 Å². The van der Waals surface area contributed by atoms with Gasteiger partial charge in [0.25, 0.3) is 11.8 Å². The number of carbonyl (C=O) groups excluding carboxylic acids is 3. The fourth-order valence-electron chi connectivity index (χ4n) is 4.81. The zero-order chi connectivity index (χ0) is 31.6. The molecule has 1 heterocycles. The molecule has 43 heavy (non-hydrogen) atoms. The molecule has 3 aliphatic rings. The molecule has 1 fully saturated rings. The van der Waals surface area contributed by atoms with Crippen molar-refractivity contribution in [3.63, 3.8) is 0 Å². The summed E-state index contributed by atoms with van der Waals surface area (Å²) in [6.07, 6.45) is 7.11. The average molecular weight is 608 g/mol. The summed E-state index contributed by atoms with van der Waals surface area (Å²) in [6.45, 7) is 10.2. The fourth-order valence-corrected chi connectivity index (χ4v) is 5.56. The van der Waals surface area contributed by atoms with Crippen LogP contribution in [0.4, 0.5) is 0 Å². The van der Waals surface area contributed by atoms with Gasteiger partial charge in [-0.25, -0.2) is 0 Å². The molecule has 3 amide bonds. The highest BCUT2D eigenvalue weighted by molar-refractivity contribution is 7.99. The second kappa shape index (κ2) is 19.8. The monoisotopic (exact) mass is 607 g/mol. The number of hydrogen-bond acceptors (Lipinski definition) is 6. The molecule has 1 saturated carbocycles. The number of fused-ring (bicyclic) bond motifs is 1. The summed E-state index contributed by atoms with van der Waals surface area (Å²) in [4.78, 5) is 36.1. The van der Waals surface area contributed by atoms with Gasteiger partial charge in [-0.05, 0) is 43.7 Å². The van der Waals surface area contributed by atoms with E-state index in [4.69, 9.17) is 0 Å². The summed E-state index contributed by atoms with van der Waals surface area (Å²) in [6, 6.07) is 18.4. The molecule has 8 heteroatoms. The zero-order valence-electron chi connectivity index (χ0n) is 26.4. The van der Waals surface area contributed by atoms with Crippen LogP contribution in [0.15, 0.2) is 78.0 Å². The first-order chi connectivity index (χ1) is 20.9. The first-order valence-electron chi connectivity index (χ1n) is 15.6. The highest BCUT2D eigenvalue weighted by atomic mass is 32.2. The molecule has 0 spiro atoms. The number of hydrogen-bond donors (Lipinski definition) is 3. The Kier molecular flexibility index (Phi) is 16.5. The van der Waals surface area contributed by atoms with Crippen LogP contribution in [-0.4, -0.2) is 52.0 Å². The molecule has 1 aliphatic heterocycles. The van der Waals surface area contributed by atoms with Crippen LogP contribution < -0.4 is 10.6 Å². The Morgan fingerprint density at radius 2 is 1.56 bits per heavy atom. The lowest BCUT2D eigenvalue weighted by molar-refractivity contribution is -0.137. The number of imide groups is 1. The number of amides is 3. The molecule has 2 aromatic rings. The molecule has 7 nitrogen and oxygen atoms in total. The van der Waals surface area contributed by atoms with Crippen molar-refractivity contribution in [1.29, 1.82) is 0 Å². The predicted molar refractivity (Wildman–Crippen MR) is 177 cm³/mol. The topological polar surface area (TPSA) is 98.7 Å². The number of aryl methyl sites for hydroxylation is 1. The molecular formula is C35H49N3O4S. The molecule has 234 valence electrons. The molecule has 2 aromatic carbocycles. The molecule has 2 aliphatic carbocycles. The summed E-state index contributed by atoms with van der Waals surface area (Å²) >= 11 is 1.64. The lowest BCUT2D eigenvalue weighted by atomic mass is 9.89. The first kappa shape index (κ1) is 35.8. The summed E-state index contributed by atoms with van der Waals surface area (Å²) in [5.74, 6) is 0.430. The molecule has 0 bridgehead atoms. The molecule has 0 aromatic heterocycles. The Hall–Kier alpha value is -3.36. The standard InChI is InChI=1S/C24H29N3O4S.C7H8.2C2H6/c28-20-14-17-4-1-2-7-18(17)24(20)26-19(16-5-3-6-16)11-13-32-15-25-21(29)10-12-27-22(30)8-9-23(27)31;1-7-5-3-2-4-6-7;2*1-2/h1-2,4,7-9,20,24,26,28H,3,5-6,10-15H2,(H,25,29);2-6H,1H3;2*1-2H3. The van der Waals surface area contributed by atoms with Gasteiger partial charge in [0.05, 0.1) is 18.0 Å². The molecular weight excluding hydrogens is 558 g/mol. The van der Waals surface area contributed by atoms with E-state index < -0.39 is 6.10 Å². The first-order valence-corrected chi connectivity index (χ1v) is 16.7. The Morgan fingerprint density at radius 1 is 0.930 bits per heavy atom. The number of rotatable bonds is 10. The largest absolute Gasteiger partial charge is 0.390 e. The summed E-state index contributed by atoms with van der Waals surface area (Å²) in [7, 11) is 0. The minimum absolute atomic E-state index is 0.0653. The SMILES string of the molecule is CC.CC.Cc1ccccc1.O=C(CCN1C(=O)C=CC1=O)NCSCCC(NC1c2ccccc2CC1O)=C1CCC1. The van der Waals surface area contributed by atoms with Crippen LogP contribution in [0.1, 0.15) is 82.5 Å². The number of aliphatic hydroxyl groups is 1.